The van der Waals surface area contributed by atoms with Crippen molar-refractivity contribution >= 4 is 22.1 Å². The third-order valence-corrected chi connectivity index (χ3v) is 3.82. The molecule has 9 heteroatoms. The number of carboxylic acid groups (broad SMARTS) is 1. The molecule has 0 heterocycles. The van der Waals surface area contributed by atoms with Crippen LogP contribution >= 0.6 is 0 Å². The number of nitrogens with one attached hydrogen (secondary N) is 1. The largest absolute Gasteiger partial charge is 0.480 e. The number of aliphatic carboxylic acids is 1. The molecule has 0 aromatic heterocycles. The van der Waals surface area contributed by atoms with Crippen LogP contribution < -0.4 is 10.5 Å². The summed E-state index contributed by atoms with van der Waals surface area (Å²) in [5.41, 5.74) is 4.86. The van der Waals surface area contributed by atoms with E-state index in [0.29, 0.717) is 6.42 Å². The minimum Gasteiger partial charge on any atom is -0.480 e. The van der Waals surface area contributed by atoms with Crippen molar-refractivity contribution < 1.29 is 23.1 Å². The fraction of sp³-hybridized carbons (Fsp3) is 0.778. The Morgan fingerprint density at radius 3 is 2.39 bits per heavy atom. The molecule has 0 rings (SSSR count). The first-order chi connectivity index (χ1) is 8.20. The maximum Gasteiger partial charge on any atom is 0.322 e. The normalized spacial score (nSPS) is 13.5. The molecule has 0 bridgehead atoms. The van der Waals surface area contributed by atoms with Gasteiger partial charge in [-0.1, -0.05) is 13.3 Å². The fourth-order valence-electron chi connectivity index (χ4n) is 1.15. The van der Waals surface area contributed by atoms with Crippen molar-refractivity contribution in [2.45, 2.75) is 32.2 Å². The van der Waals surface area contributed by atoms with Crippen LogP contribution in [0.15, 0.2) is 0 Å². The van der Waals surface area contributed by atoms with E-state index in [2.05, 4.69) is 0 Å². The Balaban J connectivity index is 4.69. The molecule has 18 heavy (non-hydrogen) atoms. The molecule has 0 spiro atoms. The average Bonchev–Trinajstić information content (AvgIpc) is 2.23. The summed E-state index contributed by atoms with van der Waals surface area (Å²) in [7, 11) is -2.59. The van der Waals surface area contributed by atoms with Crippen molar-refractivity contribution in [1.29, 1.82) is 0 Å². The van der Waals surface area contributed by atoms with Gasteiger partial charge in [0.1, 0.15) is 6.04 Å². The Labute approximate surface area is 106 Å². The molecule has 0 saturated heterocycles. The molecule has 4 N–H and O–H groups in total. The van der Waals surface area contributed by atoms with E-state index in [1.807, 2.05) is 11.6 Å². The average molecular weight is 281 g/mol. The van der Waals surface area contributed by atoms with Gasteiger partial charge in [-0.15, -0.1) is 0 Å². The Hall–Kier alpha value is -1.19. The SMILES string of the molecule is CCCCN(C)S(=O)(=O)NC(CC(N)=O)C(=O)O. The van der Waals surface area contributed by atoms with Gasteiger partial charge in [-0.2, -0.15) is 17.4 Å². The lowest BCUT2D eigenvalue weighted by atomic mass is 10.2. The standard InChI is InChI=1S/C9H19N3O5S/c1-3-4-5-12(2)18(16,17)11-7(9(14)15)6-8(10)13/h7,11H,3-6H2,1-2H3,(H2,10,13)(H,14,15). The monoisotopic (exact) mass is 281 g/mol. The second-order valence-electron chi connectivity index (χ2n) is 3.86. The molecule has 0 fully saturated rings. The van der Waals surface area contributed by atoms with Gasteiger partial charge in [-0.05, 0) is 6.42 Å². The van der Waals surface area contributed by atoms with Gasteiger partial charge in [0, 0.05) is 13.6 Å². The van der Waals surface area contributed by atoms with E-state index in [4.69, 9.17) is 10.8 Å². The van der Waals surface area contributed by atoms with Crippen molar-refractivity contribution in [2.24, 2.45) is 5.73 Å². The van der Waals surface area contributed by atoms with Crippen LogP contribution in [0.2, 0.25) is 0 Å². The molecule has 0 aliphatic rings. The third kappa shape index (κ3) is 5.94. The Kier molecular flexibility index (Phi) is 6.81. The number of nitrogens with zero attached hydrogens (tertiary/aromatic N) is 1. The minimum atomic E-state index is -3.93. The molecule has 0 aliphatic heterocycles. The summed E-state index contributed by atoms with van der Waals surface area (Å²) in [4.78, 5) is 21.4. The highest BCUT2D eigenvalue weighted by Gasteiger charge is 2.28. The van der Waals surface area contributed by atoms with Crippen LogP contribution in [0.25, 0.3) is 0 Å². The zero-order chi connectivity index (χ0) is 14.3. The van der Waals surface area contributed by atoms with Crippen LogP contribution in [0.1, 0.15) is 26.2 Å². The lowest BCUT2D eigenvalue weighted by Crippen LogP contribution is -2.48. The highest BCUT2D eigenvalue weighted by Crippen LogP contribution is 2.02. The van der Waals surface area contributed by atoms with Gasteiger partial charge >= 0.3 is 5.97 Å². The number of hydrogen-bond donors (Lipinski definition) is 3. The summed E-state index contributed by atoms with van der Waals surface area (Å²) in [6.07, 6.45) is 0.880. The predicted octanol–water partition coefficient (Wildman–Crippen LogP) is -1.12. The molecule has 1 unspecified atom stereocenters. The maximum atomic E-state index is 11.7. The van der Waals surface area contributed by atoms with Crippen LogP contribution in [0, 0.1) is 0 Å². The van der Waals surface area contributed by atoms with Gasteiger partial charge in [-0.25, -0.2) is 0 Å². The van der Waals surface area contributed by atoms with E-state index in [-0.39, 0.29) is 6.54 Å². The van der Waals surface area contributed by atoms with Crippen molar-refractivity contribution in [3.05, 3.63) is 0 Å². The summed E-state index contributed by atoms with van der Waals surface area (Å²) in [6.45, 7) is 2.18. The van der Waals surface area contributed by atoms with Crippen molar-refractivity contribution in [1.82, 2.24) is 9.03 Å². The van der Waals surface area contributed by atoms with Crippen LogP contribution in [-0.2, 0) is 19.8 Å². The lowest BCUT2D eigenvalue weighted by Gasteiger charge is -2.20. The number of hydrogen-bond acceptors (Lipinski definition) is 4. The topological polar surface area (TPSA) is 130 Å². The van der Waals surface area contributed by atoms with Crippen LogP contribution in [0.4, 0.5) is 0 Å². The van der Waals surface area contributed by atoms with Gasteiger partial charge in [0.05, 0.1) is 6.42 Å². The van der Waals surface area contributed by atoms with E-state index in [9.17, 15) is 18.0 Å². The molecule has 0 aliphatic carbocycles. The highest BCUT2D eigenvalue weighted by molar-refractivity contribution is 7.87. The fourth-order valence-corrected chi connectivity index (χ4v) is 2.24. The Morgan fingerprint density at radius 2 is 2.00 bits per heavy atom. The zero-order valence-corrected chi connectivity index (χ0v) is 11.2. The highest BCUT2D eigenvalue weighted by atomic mass is 32.2. The van der Waals surface area contributed by atoms with Gasteiger partial charge in [-0.3, -0.25) is 9.59 Å². The van der Waals surface area contributed by atoms with E-state index in [0.717, 1.165) is 10.7 Å². The van der Waals surface area contributed by atoms with Crippen molar-refractivity contribution in [3.63, 3.8) is 0 Å². The lowest BCUT2D eigenvalue weighted by molar-refractivity contribution is -0.140. The number of rotatable bonds is 9. The molecule has 0 saturated carbocycles. The quantitative estimate of drug-likeness (QED) is 0.493. The summed E-state index contributed by atoms with van der Waals surface area (Å²) in [5.74, 6) is -2.33. The van der Waals surface area contributed by atoms with Gasteiger partial charge in [0.25, 0.3) is 10.2 Å². The number of unbranched alkanes of at least 4 members (excludes halogenated alkanes) is 1. The second-order valence-corrected chi connectivity index (χ2v) is 5.67. The van der Waals surface area contributed by atoms with E-state index in [1.54, 1.807) is 0 Å². The van der Waals surface area contributed by atoms with Crippen LogP contribution in [0.3, 0.4) is 0 Å². The molecule has 0 radical (unpaired) electrons. The number of carboxylic acids is 1. The van der Waals surface area contributed by atoms with E-state index < -0.39 is 34.5 Å². The summed E-state index contributed by atoms with van der Waals surface area (Å²) < 4.78 is 26.4. The molecule has 0 aromatic rings. The second kappa shape index (κ2) is 7.29. The van der Waals surface area contributed by atoms with Crippen LogP contribution in [0.5, 0.6) is 0 Å². The molecular formula is C9H19N3O5S. The smallest absolute Gasteiger partial charge is 0.322 e. The van der Waals surface area contributed by atoms with Crippen LogP contribution in [-0.4, -0.2) is 49.3 Å². The summed E-state index contributed by atoms with van der Waals surface area (Å²) >= 11 is 0. The zero-order valence-electron chi connectivity index (χ0n) is 10.4. The van der Waals surface area contributed by atoms with Gasteiger partial charge in [0.15, 0.2) is 0 Å². The van der Waals surface area contributed by atoms with Gasteiger partial charge in [0.2, 0.25) is 5.91 Å². The molecule has 1 atom stereocenters. The number of carbonyl (C=O) groups is 2. The molecule has 8 nitrogen and oxygen atoms in total. The molecule has 106 valence electrons. The molecule has 0 aromatic carbocycles. The first-order valence-corrected chi connectivity index (χ1v) is 6.89. The first kappa shape index (κ1) is 16.8. The van der Waals surface area contributed by atoms with Crippen molar-refractivity contribution in [2.75, 3.05) is 13.6 Å². The number of carbonyl (C=O) groups excluding carboxylic acids is 1. The van der Waals surface area contributed by atoms with Crippen molar-refractivity contribution in [3.8, 4) is 0 Å². The molecule has 1 amide bonds. The summed E-state index contributed by atoms with van der Waals surface area (Å²) in [5, 5.41) is 8.79. The minimum absolute atomic E-state index is 0.273. The number of amides is 1. The third-order valence-electron chi connectivity index (χ3n) is 2.23. The number of nitrogens with two attached hydrogens (primary N) is 1. The maximum absolute atomic E-state index is 11.7. The Morgan fingerprint density at radius 1 is 1.44 bits per heavy atom. The Bertz CT molecular complexity index is 395. The van der Waals surface area contributed by atoms with E-state index in [1.165, 1.54) is 7.05 Å². The first-order valence-electron chi connectivity index (χ1n) is 5.45. The summed E-state index contributed by atoms with van der Waals surface area (Å²) in [6, 6.07) is -1.54. The van der Waals surface area contributed by atoms with E-state index >= 15 is 0 Å². The van der Waals surface area contributed by atoms with Gasteiger partial charge < -0.3 is 10.8 Å². The molecular weight excluding hydrogens is 262 g/mol. The predicted molar refractivity (Wildman–Crippen MR) is 64.8 cm³/mol. The number of primary amides is 1.